The van der Waals surface area contributed by atoms with Crippen molar-refractivity contribution < 1.29 is 23.4 Å². The first-order valence-electron chi connectivity index (χ1n) is 7.08. The van der Waals surface area contributed by atoms with E-state index in [0.717, 1.165) is 6.07 Å². The lowest BCUT2D eigenvalue weighted by Gasteiger charge is -2.09. The van der Waals surface area contributed by atoms with Crippen LogP contribution in [0.1, 0.15) is 22.8 Å². The number of carbonyl (C=O) groups excluding carboxylic acids is 1. The summed E-state index contributed by atoms with van der Waals surface area (Å²) in [5.74, 6) is -1.14. The van der Waals surface area contributed by atoms with Crippen LogP contribution in [-0.4, -0.2) is 23.7 Å². The third kappa shape index (κ3) is 5.34. The van der Waals surface area contributed by atoms with Crippen LogP contribution in [0.5, 0.6) is 5.75 Å². The molecule has 0 saturated heterocycles. The molecule has 0 spiro atoms. The Balaban J connectivity index is 1.93. The number of rotatable bonds is 6. The molecule has 0 radical (unpaired) electrons. The van der Waals surface area contributed by atoms with Gasteiger partial charge in [0.2, 0.25) is 0 Å². The maximum absolute atomic E-state index is 13.1. The van der Waals surface area contributed by atoms with Crippen LogP contribution in [-0.2, 0) is 6.61 Å². The number of hydrogen-bond donors (Lipinski definition) is 2. The van der Waals surface area contributed by atoms with Crippen LogP contribution in [0.3, 0.4) is 0 Å². The summed E-state index contributed by atoms with van der Waals surface area (Å²) in [6.45, 7) is 1.76. The Bertz CT molecular complexity index is 652. The van der Waals surface area contributed by atoms with Gasteiger partial charge in [-0.2, -0.15) is 0 Å². The van der Waals surface area contributed by atoms with Gasteiger partial charge in [0.15, 0.2) is 0 Å². The van der Waals surface area contributed by atoms with E-state index in [9.17, 15) is 13.6 Å². The second-order valence-electron chi connectivity index (χ2n) is 5.15. The van der Waals surface area contributed by atoms with Crippen molar-refractivity contribution in [3.63, 3.8) is 0 Å². The minimum Gasteiger partial charge on any atom is -0.489 e. The van der Waals surface area contributed by atoms with Gasteiger partial charge in [0.1, 0.15) is 24.0 Å². The number of halogens is 2. The first-order valence-corrected chi connectivity index (χ1v) is 7.08. The van der Waals surface area contributed by atoms with E-state index in [0.29, 0.717) is 16.9 Å². The smallest absolute Gasteiger partial charge is 0.251 e. The van der Waals surface area contributed by atoms with Crippen LogP contribution in [0, 0.1) is 11.6 Å². The molecule has 2 rings (SSSR count). The van der Waals surface area contributed by atoms with Gasteiger partial charge in [0.05, 0.1) is 6.10 Å². The molecule has 23 heavy (non-hydrogen) atoms. The van der Waals surface area contributed by atoms with Gasteiger partial charge in [-0.25, -0.2) is 8.78 Å². The van der Waals surface area contributed by atoms with E-state index < -0.39 is 17.7 Å². The minimum atomic E-state index is -0.659. The number of carbonyl (C=O) groups is 1. The SMILES string of the molecule is C[C@H](O)CNC(=O)c1ccc(OCc2cc(F)cc(F)c2)cc1. The lowest BCUT2D eigenvalue weighted by atomic mass is 10.2. The van der Waals surface area contributed by atoms with Crippen molar-refractivity contribution in [1.82, 2.24) is 5.32 Å². The Labute approximate surface area is 132 Å². The third-order valence-electron chi connectivity index (χ3n) is 3.00. The first kappa shape index (κ1) is 16.9. The molecule has 0 aliphatic heterocycles. The van der Waals surface area contributed by atoms with Crippen LogP contribution >= 0.6 is 0 Å². The van der Waals surface area contributed by atoms with Crippen molar-refractivity contribution in [3.05, 3.63) is 65.2 Å². The maximum Gasteiger partial charge on any atom is 0.251 e. The molecule has 2 aromatic carbocycles. The quantitative estimate of drug-likeness (QED) is 0.860. The van der Waals surface area contributed by atoms with Crippen molar-refractivity contribution in [2.45, 2.75) is 19.6 Å². The van der Waals surface area contributed by atoms with Crippen LogP contribution in [0.25, 0.3) is 0 Å². The number of aliphatic hydroxyl groups excluding tert-OH is 1. The number of benzene rings is 2. The fraction of sp³-hybridized carbons (Fsp3) is 0.235. The van der Waals surface area contributed by atoms with Gasteiger partial charge in [-0.15, -0.1) is 0 Å². The summed E-state index contributed by atoms with van der Waals surface area (Å²) < 4.78 is 31.6. The second kappa shape index (κ2) is 7.69. The molecule has 2 N–H and O–H groups in total. The molecule has 0 bridgehead atoms. The predicted octanol–water partition coefficient (Wildman–Crippen LogP) is 2.65. The molecular formula is C17H17F2NO3. The van der Waals surface area contributed by atoms with Gasteiger partial charge in [-0.3, -0.25) is 4.79 Å². The zero-order valence-electron chi connectivity index (χ0n) is 12.6. The third-order valence-corrected chi connectivity index (χ3v) is 3.00. The molecule has 1 atom stereocenters. The topological polar surface area (TPSA) is 58.6 Å². The lowest BCUT2D eigenvalue weighted by molar-refractivity contribution is 0.0924. The van der Waals surface area contributed by atoms with E-state index in [1.807, 2.05) is 0 Å². The Morgan fingerprint density at radius 3 is 2.35 bits per heavy atom. The normalized spacial score (nSPS) is 11.8. The van der Waals surface area contributed by atoms with Crippen LogP contribution < -0.4 is 10.1 Å². The van der Waals surface area contributed by atoms with Crippen LogP contribution in [0.2, 0.25) is 0 Å². The van der Waals surface area contributed by atoms with Crippen molar-refractivity contribution in [2.24, 2.45) is 0 Å². The van der Waals surface area contributed by atoms with Crippen LogP contribution in [0.4, 0.5) is 8.78 Å². The maximum atomic E-state index is 13.1. The molecule has 0 saturated carbocycles. The molecule has 122 valence electrons. The highest BCUT2D eigenvalue weighted by molar-refractivity contribution is 5.94. The number of hydrogen-bond acceptors (Lipinski definition) is 3. The zero-order chi connectivity index (χ0) is 16.8. The number of amides is 1. The summed E-state index contributed by atoms with van der Waals surface area (Å²) in [7, 11) is 0. The highest BCUT2D eigenvalue weighted by atomic mass is 19.1. The molecule has 0 heterocycles. The van der Waals surface area contributed by atoms with E-state index in [-0.39, 0.29) is 19.1 Å². The molecule has 0 aliphatic rings. The molecule has 0 aliphatic carbocycles. The van der Waals surface area contributed by atoms with Gasteiger partial charge in [0.25, 0.3) is 5.91 Å². The summed E-state index contributed by atoms with van der Waals surface area (Å²) in [4.78, 5) is 11.8. The highest BCUT2D eigenvalue weighted by Crippen LogP contribution is 2.15. The number of nitrogens with one attached hydrogen (secondary N) is 1. The first-order chi connectivity index (χ1) is 10.9. The lowest BCUT2D eigenvalue weighted by Crippen LogP contribution is -2.30. The summed E-state index contributed by atoms with van der Waals surface area (Å²) in [6, 6.07) is 9.50. The van der Waals surface area contributed by atoms with Crippen molar-refractivity contribution in [2.75, 3.05) is 6.54 Å². The van der Waals surface area contributed by atoms with Crippen molar-refractivity contribution >= 4 is 5.91 Å². The molecular weight excluding hydrogens is 304 g/mol. The van der Waals surface area contributed by atoms with E-state index in [2.05, 4.69) is 5.32 Å². The number of ether oxygens (including phenoxy) is 1. The largest absolute Gasteiger partial charge is 0.489 e. The standard InChI is InChI=1S/C17H17F2NO3/c1-11(21)9-20-17(22)13-2-4-16(5-3-13)23-10-12-6-14(18)8-15(19)7-12/h2-8,11,21H,9-10H2,1H3,(H,20,22)/t11-/m0/s1. The van der Waals surface area contributed by atoms with Crippen molar-refractivity contribution in [1.29, 1.82) is 0 Å². The predicted molar refractivity (Wildman–Crippen MR) is 81.1 cm³/mol. The zero-order valence-corrected chi connectivity index (χ0v) is 12.6. The average molecular weight is 321 g/mol. The van der Waals surface area contributed by atoms with E-state index in [1.54, 1.807) is 31.2 Å². The Kier molecular flexibility index (Phi) is 5.65. The van der Waals surface area contributed by atoms with Crippen LogP contribution in [0.15, 0.2) is 42.5 Å². The molecule has 0 aromatic heterocycles. The Morgan fingerprint density at radius 2 is 1.78 bits per heavy atom. The summed E-state index contributed by atoms with van der Waals surface area (Å²) in [5, 5.41) is 11.7. The highest BCUT2D eigenvalue weighted by Gasteiger charge is 2.07. The van der Waals surface area contributed by atoms with E-state index in [4.69, 9.17) is 9.84 Å². The Hall–Kier alpha value is -2.47. The minimum absolute atomic E-state index is 0.0161. The Morgan fingerprint density at radius 1 is 1.17 bits per heavy atom. The fourth-order valence-corrected chi connectivity index (χ4v) is 1.91. The van der Waals surface area contributed by atoms with E-state index in [1.165, 1.54) is 12.1 Å². The van der Waals surface area contributed by atoms with Gasteiger partial charge in [0, 0.05) is 18.2 Å². The molecule has 0 fully saturated rings. The monoisotopic (exact) mass is 321 g/mol. The summed E-state index contributed by atoms with van der Waals surface area (Å²) >= 11 is 0. The average Bonchev–Trinajstić information content (AvgIpc) is 2.50. The van der Waals surface area contributed by atoms with Gasteiger partial charge < -0.3 is 15.2 Å². The molecule has 1 amide bonds. The van der Waals surface area contributed by atoms with Gasteiger partial charge >= 0.3 is 0 Å². The summed E-state index contributed by atoms with van der Waals surface area (Å²) in [6.07, 6.45) is -0.617. The van der Waals surface area contributed by atoms with Crippen molar-refractivity contribution in [3.8, 4) is 5.75 Å². The molecule has 6 heteroatoms. The molecule has 0 unspecified atom stereocenters. The summed E-state index contributed by atoms with van der Waals surface area (Å²) in [5.41, 5.74) is 0.802. The molecule has 4 nitrogen and oxygen atoms in total. The van der Waals surface area contributed by atoms with E-state index >= 15 is 0 Å². The fourth-order valence-electron chi connectivity index (χ4n) is 1.91. The van der Waals surface area contributed by atoms with Gasteiger partial charge in [-0.05, 0) is 48.9 Å². The molecule has 2 aromatic rings. The second-order valence-corrected chi connectivity index (χ2v) is 5.15. The number of aliphatic hydroxyl groups is 1. The van der Waals surface area contributed by atoms with Gasteiger partial charge in [-0.1, -0.05) is 0 Å².